The van der Waals surface area contributed by atoms with Gasteiger partial charge in [0.15, 0.2) is 17.5 Å². The zero-order valence-electron chi connectivity index (χ0n) is 17.7. The summed E-state index contributed by atoms with van der Waals surface area (Å²) in [5, 5.41) is 1.88. The van der Waals surface area contributed by atoms with Crippen molar-refractivity contribution in [2.75, 3.05) is 0 Å². The van der Waals surface area contributed by atoms with Crippen LogP contribution in [0.5, 0.6) is 0 Å². The molecule has 0 amide bonds. The molecule has 0 saturated carbocycles. The van der Waals surface area contributed by atoms with E-state index in [0.29, 0.717) is 12.1 Å². The average Bonchev–Trinajstić information content (AvgIpc) is 2.80. The number of nitrogens with zero attached hydrogens (tertiary/aromatic N) is 2. The molecule has 0 fully saturated rings. The molecular weight excluding hydrogens is 474 g/mol. The van der Waals surface area contributed by atoms with E-state index in [1.807, 2.05) is 5.16 Å². The van der Waals surface area contributed by atoms with E-state index in [0.717, 1.165) is 18.3 Å². The molecule has 2 aromatic carbocycles. The minimum atomic E-state index is -1.34. The molecule has 0 radical (unpaired) electrons. The Balaban J connectivity index is 1.93. The van der Waals surface area contributed by atoms with Crippen molar-refractivity contribution in [1.82, 2.24) is 4.98 Å². The highest BCUT2D eigenvalue weighted by molar-refractivity contribution is 7.78. The van der Waals surface area contributed by atoms with Crippen LogP contribution in [0.3, 0.4) is 0 Å². The van der Waals surface area contributed by atoms with Gasteiger partial charge in [0.1, 0.15) is 23.1 Å². The van der Waals surface area contributed by atoms with Crippen molar-refractivity contribution in [3.8, 4) is 22.4 Å². The molecular formula is C25H16F6N2S. The van der Waals surface area contributed by atoms with Crippen molar-refractivity contribution in [2.24, 2.45) is 4.99 Å². The number of isothiocyanates is 1. The maximum atomic E-state index is 14.7. The van der Waals surface area contributed by atoms with Crippen LogP contribution in [0, 0.1) is 23.3 Å². The third kappa shape index (κ3) is 5.50. The molecule has 0 aliphatic carbocycles. The van der Waals surface area contributed by atoms with Gasteiger partial charge in [-0.15, -0.1) is 0 Å². The first-order valence-corrected chi connectivity index (χ1v) is 10.4. The third-order valence-electron chi connectivity index (χ3n) is 4.82. The molecule has 0 unspecified atom stereocenters. The maximum absolute atomic E-state index is 14.7. The highest BCUT2D eigenvalue weighted by Crippen LogP contribution is 2.33. The average molecular weight is 490 g/mol. The van der Waals surface area contributed by atoms with Crippen LogP contribution in [-0.4, -0.2) is 10.1 Å². The van der Waals surface area contributed by atoms with Crippen LogP contribution in [0.2, 0.25) is 0 Å². The number of aromatic nitrogens is 1. The summed E-state index contributed by atoms with van der Waals surface area (Å²) in [6.45, 7) is 1.73. The minimum absolute atomic E-state index is 0.00823. The van der Waals surface area contributed by atoms with Gasteiger partial charge < -0.3 is 0 Å². The van der Waals surface area contributed by atoms with Crippen molar-refractivity contribution in [1.29, 1.82) is 0 Å². The lowest BCUT2D eigenvalue weighted by atomic mass is 10.0. The predicted molar refractivity (Wildman–Crippen MR) is 123 cm³/mol. The Bertz CT molecular complexity index is 1280. The molecule has 9 heteroatoms. The smallest absolute Gasteiger partial charge is 0.162 e. The van der Waals surface area contributed by atoms with Crippen molar-refractivity contribution >= 4 is 28.9 Å². The first-order chi connectivity index (χ1) is 16.3. The number of thiocarbonyl (C=S) groups is 1. The SMILES string of the molecule is CC=CCCC(F)=C(F)c1cc(F)c(-c2ccc(-c3cc(F)c(N=C=S)c(F)c3)nc2)c(F)c1. The van der Waals surface area contributed by atoms with E-state index in [4.69, 9.17) is 0 Å². The predicted octanol–water partition coefficient (Wildman–Crippen LogP) is 8.67. The number of hydrogen-bond donors (Lipinski definition) is 0. The molecule has 1 aromatic heterocycles. The van der Waals surface area contributed by atoms with Crippen LogP contribution in [0.1, 0.15) is 25.3 Å². The van der Waals surface area contributed by atoms with Gasteiger partial charge in [-0.2, -0.15) is 4.99 Å². The molecule has 3 rings (SSSR count). The topological polar surface area (TPSA) is 25.2 Å². The van der Waals surface area contributed by atoms with Crippen molar-refractivity contribution in [3.63, 3.8) is 0 Å². The van der Waals surface area contributed by atoms with Crippen LogP contribution in [0.25, 0.3) is 28.2 Å². The fourth-order valence-electron chi connectivity index (χ4n) is 3.20. The monoisotopic (exact) mass is 490 g/mol. The maximum Gasteiger partial charge on any atom is 0.162 e. The molecule has 0 aliphatic heterocycles. The summed E-state index contributed by atoms with van der Waals surface area (Å²) in [5.74, 6) is -6.68. The van der Waals surface area contributed by atoms with Crippen LogP contribution < -0.4 is 0 Å². The van der Waals surface area contributed by atoms with E-state index < -0.39 is 51.7 Å². The van der Waals surface area contributed by atoms with Crippen molar-refractivity contribution in [3.05, 3.63) is 89.4 Å². The van der Waals surface area contributed by atoms with Gasteiger partial charge in [0, 0.05) is 29.3 Å². The van der Waals surface area contributed by atoms with Gasteiger partial charge in [-0.1, -0.05) is 18.2 Å². The summed E-state index contributed by atoms with van der Waals surface area (Å²) in [7, 11) is 0. The van der Waals surface area contributed by atoms with E-state index in [1.54, 1.807) is 19.1 Å². The Morgan fingerprint density at radius 1 is 0.971 bits per heavy atom. The zero-order valence-corrected chi connectivity index (χ0v) is 18.5. The van der Waals surface area contributed by atoms with Gasteiger partial charge in [-0.05, 0) is 55.9 Å². The Kier molecular flexibility index (Phi) is 8.15. The first-order valence-electron chi connectivity index (χ1n) is 9.95. The second-order valence-electron chi connectivity index (χ2n) is 7.07. The normalized spacial score (nSPS) is 12.0. The summed E-state index contributed by atoms with van der Waals surface area (Å²) in [6.07, 6.45) is 4.41. The molecule has 1 heterocycles. The minimum Gasteiger partial charge on any atom is -0.256 e. The Hall–Kier alpha value is -3.55. The Morgan fingerprint density at radius 2 is 1.62 bits per heavy atom. The molecule has 0 spiro atoms. The molecule has 3 aromatic rings. The zero-order chi connectivity index (χ0) is 24.8. The largest absolute Gasteiger partial charge is 0.256 e. The van der Waals surface area contributed by atoms with E-state index in [2.05, 4.69) is 22.2 Å². The summed E-state index contributed by atoms with van der Waals surface area (Å²) in [6, 6.07) is 5.93. The molecule has 0 aliphatic rings. The fourth-order valence-corrected chi connectivity index (χ4v) is 3.29. The van der Waals surface area contributed by atoms with Gasteiger partial charge in [0.2, 0.25) is 0 Å². The quantitative estimate of drug-likeness (QED) is 0.143. The lowest BCUT2D eigenvalue weighted by Crippen LogP contribution is -1.96. The molecule has 2 nitrogen and oxygen atoms in total. The molecule has 0 saturated heterocycles. The number of benzene rings is 2. The summed E-state index contributed by atoms with van der Waals surface area (Å²) in [4.78, 5) is 7.33. The highest BCUT2D eigenvalue weighted by atomic mass is 32.1. The van der Waals surface area contributed by atoms with E-state index in [1.165, 1.54) is 12.1 Å². The van der Waals surface area contributed by atoms with E-state index in [-0.39, 0.29) is 29.7 Å². The summed E-state index contributed by atoms with van der Waals surface area (Å²) < 4.78 is 85.7. The fraction of sp³-hybridized carbons (Fsp3) is 0.120. The van der Waals surface area contributed by atoms with Crippen LogP contribution >= 0.6 is 12.2 Å². The molecule has 174 valence electrons. The first kappa shape index (κ1) is 25.1. The van der Waals surface area contributed by atoms with E-state index >= 15 is 0 Å². The van der Waals surface area contributed by atoms with Gasteiger partial charge >= 0.3 is 0 Å². The number of allylic oxidation sites excluding steroid dienone is 3. The number of aliphatic imine (C=N–C) groups is 1. The number of pyridine rings is 1. The van der Waals surface area contributed by atoms with Gasteiger partial charge in [0.05, 0.1) is 16.4 Å². The highest BCUT2D eigenvalue weighted by Gasteiger charge is 2.18. The number of rotatable bonds is 7. The lowest BCUT2D eigenvalue weighted by Gasteiger charge is -2.09. The number of halogens is 6. The summed E-state index contributed by atoms with van der Waals surface area (Å²) in [5.41, 5.74) is -1.50. The Labute approximate surface area is 197 Å². The second kappa shape index (κ2) is 11.0. The molecule has 0 bridgehead atoms. The standard InChI is InChI=1S/C25H16F6N2S/c1-2-3-4-5-17(26)24(31)16-10-18(27)23(19(28)11-16)14-6-7-22(32-12-14)15-8-20(29)25(33-13-34)21(30)9-15/h2-3,6-12H,4-5H2,1H3. The van der Waals surface area contributed by atoms with Crippen LogP contribution in [-0.2, 0) is 0 Å². The van der Waals surface area contributed by atoms with Crippen molar-refractivity contribution in [2.45, 2.75) is 19.8 Å². The van der Waals surface area contributed by atoms with Gasteiger partial charge in [-0.25, -0.2) is 26.3 Å². The van der Waals surface area contributed by atoms with Crippen LogP contribution in [0.4, 0.5) is 32.0 Å². The molecule has 0 atom stereocenters. The van der Waals surface area contributed by atoms with E-state index in [9.17, 15) is 26.3 Å². The molecule has 34 heavy (non-hydrogen) atoms. The summed E-state index contributed by atoms with van der Waals surface area (Å²) >= 11 is 4.35. The molecule has 0 N–H and O–H groups in total. The third-order valence-corrected chi connectivity index (χ3v) is 4.91. The second-order valence-corrected chi connectivity index (χ2v) is 7.25. The number of hydrogen-bond acceptors (Lipinski definition) is 3. The van der Waals surface area contributed by atoms with Gasteiger partial charge in [0.25, 0.3) is 0 Å². The Morgan fingerprint density at radius 3 is 2.15 bits per heavy atom. The van der Waals surface area contributed by atoms with Crippen LogP contribution in [0.15, 0.2) is 65.6 Å². The lowest BCUT2D eigenvalue weighted by molar-refractivity contribution is 0.561. The van der Waals surface area contributed by atoms with Crippen molar-refractivity contribution < 1.29 is 26.3 Å². The van der Waals surface area contributed by atoms with Gasteiger partial charge in [-0.3, -0.25) is 4.98 Å².